The van der Waals surface area contributed by atoms with E-state index in [0.29, 0.717) is 17.1 Å². The minimum absolute atomic E-state index is 0.154. The van der Waals surface area contributed by atoms with E-state index in [1.165, 1.54) is 0 Å². The molecule has 0 aliphatic rings. The van der Waals surface area contributed by atoms with Crippen molar-refractivity contribution in [2.45, 2.75) is 26.2 Å². The number of carbonyl (C=O) groups excluding carboxylic acids is 2. The summed E-state index contributed by atoms with van der Waals surface area (Å²) in [7, 11) is 0. The zero-order chi connectivity index (χ0) is 21.4. The van der Waals surface area contributed by atoms with Crippen LogP contribution in [0.15, 0.2) is 59.6 Å². The van der Waals surface area contributed by atoms with Crippen LogP contribution in [0.25, 0.3) is 0 Å². The number of hydrogen-bond donors (Lipinski definition) is 2. The zero-order valence-electron chi connectivity index (χ0n) is 16.8. The van der Waals surface area contributed by atoms with Crippen LogP contribution in [0.4, 0.5) is 0 Å². The minimum Gasteiger partial charge on any atom is -0.489 e. The van der Waals surface area contributed by atoms with Gasteiger partial charge in [-0.2, -0.15) is 0 Å². The lowest BCUT2D eigenvalue weighted by Crippen LogP contribution is -2.44. The van der Waals surface area contributed by atoms with Crippen molar-refractivity contribution in [1.29, 1.82) is 0 Å². The molecule has 29 heavy (non-hydrogen) atoms. The van der Waals surface area contributed by atoms with Gasteiger partial charge in [-0.1, -0.05) is 61.5 Å². The van der Waals surface area contributed by atoms with Crippen LogP contribution in [0.2, 0.25) is 0 Å². The van der Waals surface area contributed by atoms with Crippen LogP contribution < -0.4 is 20.3 Å². The first-order valence-electron chi connectivity index (χ1n) is 9.07. The quantitative estimate of drug-likeness (QED) is 0.480. The molecule has 0 atom stereocenters. The van der Waals surface area contributed by atoms with Crippen molar-refractivity contribution in [2.75, 3.05) is 13.2 Å². The molecule has 7 heteroatoms. The smallest absolute Gasteiger partial charge is 0.276 e. The molecule has 2 aromatic rings. The summed E-state index contributed by atoms with van der Waals surface area (Å²) in [6.45, 7) is 9.81. The third kappa shape index (κ3) is 6.64. The van der Waals surface area contributed by atoms with E-state index in [-0.39, 0.29) is 18.6 Å². The average Bonchev–Trinajstić information content (AvgIpc) is 2.69. The van der Waals surface area contributed by atoms with Crippen molar-refractivity contribution >= 4 is 27.7 Å². The van der Waals surface area contributed by atoms with Crippen molar-refractivity contribution in [2.24, 2.45) is 0 Å². The minimum atomic E-state index is -0.489. The van der Waals surface area contributed by atoms with E-state index in [4.69, 9.17) is 9.47 Å². The molecule has 2 amide bonds. The van der Waals surface area contributed by atoms with Crippen molar-refractivity contribution in [3.63, 3.8) is 0 Å². The molecular formula is C22H25BrN2O4. The maximum atomic E-state index is 12.4. The van der Waals surface area contributed by atoms with Crippen LogP contribution in [0.5, 0.6) is 11.5 Å². The Morgan fingerprint density at radius 1 is 1.07 bits per heavy atom. The molecule has 0 bridgehead atoms. The SMILES string of the molecule is C=CCOc1ccccc1C(=O)NNC(=O)COc1ccc(Br)cc1C(C)(C)C. The number of hydrogen-bond acceptors (Lipinski definition) is 4. The Morgan fingerprint density at radius 3 is 2.48 bits per heavy atom. The van der Waals surface area contributed by atoms with Gasteiger partial charge in [0.25, 0.3) is 11.8 Å². The van der Waals surface area contributed by atoms with Crippen LogP contribution in [0, 0.1) is 0 Å². The van der Waals surface area contributed by atoms with E-state index in [1.54, 1.807) is 30.3 Å². The normalized spacial score (nSPS) is 10.8. The van der Waals surface area contributed by atoms with Gasteiger partial charge in [-0.15, -0.1) is 0 Å². The summed E-state index contributed by atoms with van der Waals surface area (Å²) in [5.41, 5.74) is 5.85. The Balaban J connectivity index is 1.95. The number of carbonyl (C=O) groups is 2. The molecule has 0 unspecified atom stereocenters. The summed E-state index contributed by atoms with van der Waals surface area (Å²) >= 11 is 3.46. The fraction of sp³-hybridized carbons (Fsp3) is 0.273. The molecule has 0 heterocycles. The molecular weight excluding hydrogens is 436 g/mol. The Kier molecular flexibility index (Phi) is 7.84. The summed E-state index contributed by atoms with van der Waals surface area (Å²) in [4.78, 5) is 24.5. The van der Waals surface area contributed by atoms with Gasteiger partial charge < -0.3 is 9.47 Å². The highest BCUT2D eigenvalue weighted by atomic mass is 79.9. The van der Waals surface area contributed by atoms with Gasteiger partial charge in [-0.05, 0) is 35.7 Å². The van der Waals surface area contributed by atoms with Gasteiger partial charge in [-0.3, -0.25) is 20.4 Å². The molecule has 0 aliphatic heterocycles. The lowest BCUT2D eigenvalue weighted by Gasteiger charge is -2.23. The van der Waals surface area contributed by atoms with Gasteiger partial charge in [0.2, 0.25) is 0 Å². The molecule has 2 N–H and O–H groups in total. The van der Waals surface area contributed by atoms with Gasteiger partial charge in [0, 0.05) is 10.0 Å². The molecule has 6 nitrogen and oxygen atoms in total. The van der Waals surface area contributed by atoms with E-state index in [2.05, 4.69) is 54.1 Å². The Bertz CT molecular complexity index is 891. The fourth-order valence-electron chi connectivity index (χ4n) is 2.52. The molecule has 0 radical (unpaired) electrons. The van der Waals surface area contributed by atoms with Crippen molar-refractivity contribution in [3.8, 4) is 11.5 Å². The number of ether oxygens (including phenoxy) is 2. The second-order valence-electron chi connectivity index (χ2n) is 7.28. The summed E-state index contributed by atoms with van der Waals surface area (Å²) in [6.07, 6.45) is 1.59. The van der Waals surface area contributed by atoms with E-state index >= 15 is 0 Å². The van der Waals surface area contributed by atoms with Crippen LogP contribution in [-0.4, -0.2) is 25.0 Å². The third-order valence-corrected chi connectivity index (χ3v) is 4.41. The molecule has 154 valence electrons. The topological polar surface area (TPSA) is 76.7 Å². The molecule has 0 spiro atoms. The Morgan fingerprint density at radius 2 is 1.79 bits per heavy atom. The predicted molar refractivity (Wildman–Crippen MR) is 116 cm³/mol. The van der Waals surface area contributed by atoms with Crippen LogP contribution in [-0.2, 0) is 10.2 Å². The van der Waals surface area contributed by atoms with Gasteiger partial charge >= 0.3 is 0 Å². The van der Waals surface area contributed by atoms with Gasteiger partial charge in [-0.25, -0.2) is 0 Å². The first kappa shape index (κ1) is 22.5. The van der Waals surface area contributed by atoms with Gasteiger partial charge in [0.05, 0.1) is 5.56 Å². The maximum Gasteiger partial charge on any atom is 0.276 e. The summed E-state index contributed by atoms with van der Waals surface area (Å²) in [6, 6.07) is 12.4. The molecule has 0 fully saturated rings. The highest BCUT2D eigenvalue weighted by molar-refractivity contribution is 9.10. The second kappa shape index (κ2) is 10.1. The number of nitrogens with one attached hydrogen (secondary N) is 2. The number of benzene rings is 2. The highest BCUT2D eigenvalue weighted by Crippen LogP contribution is 2.33. The fourth-order valence-corrected chi connectivity index (χ4v) is 2.88. The first-order chi connectivity index (χ1) is 13.7. The summed E-state index contributed by atoms with van der Waals surface area (Å²) in [5, 5.41) is 0. The standard InChI is InChI=1S/C22H25BrN2O4/c1-5-12-28-18-9-7-6-8-16(18)21(27)25-24-20(26)14-29-19-11-10-15(23)13-17(19)22(2,3)4/h5-11,13H,1,12,14H2,2-4H3,(H,24,26)(H,25,27). The molecule has 0 saturated heterocycles. The molecule has 0 saturated carbocycles. The summed E-state index contributed by atoms with van der Waals surface area (Å²) < 4.78 is 12.1. The lowest BCUT2D eigenvalue weighted by atomic mass is 9.86. The van der Waals surface area contributed by atoms with E-state index in [9.17, 15) is 9.59 Å². The van der Waals surface area contributed by atoms with Crippen LogP contribution in [0.1, 0.15) is 36.7 Å². The van der Waals surface area contributed by atoms with Crippen LogP contribution in [0.3, 0.4) is 0 Å². The largest absolute Gasteiger partial charge is 0.489 e. The highest BCUT2D eigenvalue weighted by Gasteiger charge is 2.20. The lowest BCUT2D eigenvalue weighted by molar-refractivity contribution is -0.123. The maximum absolute atomic E-state index is 12.4. The predicted octanol–water partition coefficient (Wildman–Crippen LogP) is 4.15. The average molecular weight is 461 g/mol. The number of para-hydroxylation sites is 1. The van der Waals surface area contributed by atoms with Crippen LogP contribution >= 0.6 is 15.9 Å². The Labute approximate surface area is 179 Å². The Hall–Kier alpha value is -2.80. The monoisotopic (exact) mass is 460 g/mol. The summed E-state index contributed by atoms with van der Waals surface area (Å²) in [5.74, 6) is 0.0491. The zero-order valence-corrected chi connectivity index (χ0v) is 18.3. The number of halogens is 1. The van der Waals surface area contributed by atoms with Gasteiger partial charge in [0.15, 0.2) is 6.61 Å². The van der Waals surface area contributed by atoms with Crippen molar-refractivity contribution in [3.05, 3.63) is 70.7 Å². The number of rotatable bonds is 7. The van der Waals surface area contributed by atoms with Gasteiger partial charge in [0.1, 0.15) is 18.1 Å². The molecule has 2 aromatic carbocycles. The molecule has 2 rings (SSSR count). The van der Waals surface area contributed by atoms with E-state index in [0.717, 1.165) is 10.0 Å². The first-order valence-corrected chi connectivity index (χ1v) is 9.86. The van der Waals surface area contributed by atoms with E-state index in [1.807, 2.05) is 18.2 Å². The van der Waals surface area contributed by atoms with Crippen molar-refractivity contribution < 1.29 is 19.1 Å². The second-order valence-corrected chi connectivity index (χ2v) is 8.19. The third-order valence-electron chi connectivity index (χ3n) is 3.91. The number of hydrazine groups is 1. The number of amides is 2. The van der Waals surface area contributed by atoms with E-state index < -0.39 is 11.8 Å². The van der Waals surface area contributed by atoms with Crippen molar-refractivity contribution in [1.82, 2.24) is 10.9 Å². The molecule has 0 aromatic heterocycles. The molecule has 0 aliphatic carbocycles.